The van der Waals surface area contributed by atoms with Crippen molar-refractivity contribution in [3.8, 4) is 5.75 Å². The molecule has 1 saturated carbocycles. The number of rotatable bonds is 11. The van der Waals surface area contributed by atoms with E-state index in [2.05, 4.69) is 17.9 Å². The Kier molecular flexibility index (Phi) is 6.82. The van der Waals surface area contributed by atoms with E-state index >= 15 is 0 Å². The van der Waals surface area contributed by atoms with Crippen LogP contribution in [0.1, 0.15) is 32.1 Å². The molecule has 1 unspecified atom stereocenters. The third-order valence-corrected chi connectivity index (χ3v) is 5.55. The smallest absolute Gasteiger partial charge is 0.267 e. The molecule has 6 heteroatoms. The molecule has 0 bridgehead atoms. The van der Waals surface area contributed by atoms with Gasteiger partial charge in [-0.15, -0.1) is 13.2 Å². The first-order valence-corrected chi connectivity index (χ1v) is 10.00. The molecule has 1 N–H and O–H groups in total. The molecule has 25 heavy (non-hydrogen) atoms. The van der Waals surface area contributed by atoms with E-state index in [0.29, 0.717) is 13.0 Å². The fourth-order valence-electron chi connectivity index (χ4n) is 2.58. The molecule has 1 aliphatic rings. The van der Waals surface area contributed by atoms with Gasteiger partial charge in [0.1, 0.15) is 10.6 Å². The minimum Gasteiger partial charge on any atom is -0.492 e. The summed E-state index contributed by atoms with van der Waals surface area (Å²) < 4.78 is 32.8. The summed E-state index contributed by atoms with van der Waals surface area (Å²) in [6, 6.07) is 6.37. The molecule has 1 amide bonds. The maximum atomic E-state index is 12.5. The molecule has 2 atom stereocenters. The number of hydrogen-bond acceptors (Lipinski definition) is 4. The Morgan fingerprint density at radius 2 is 2.00 bits per heavy atom. The normalized spacial score (nSPS) is 19.0. The van der Waals surface area contributed by atoms with E-state index < -0.39 is 15.9 Å². The van der Waals surface area contributed by atoms with Crippen molar-refractivity contribution >= 4 is 15.9 Å². The first-order valence-electron chi connectivity index (χ1n) is 8.51. The van der Waals surface area contributed by atoms with Crippen LogP contribution in [0.25, 0.3) is 0 Å². The van der Waals surface area contributed by atoms with Crippen LogP contribution in [0.3, 0.4) is 0 Å². The third kappa shape index (κ3) is 5.46. The zero-order valence-corrected chi connectivity index (χ0v) is 15.1. The lowest BCUT2D eigenvalue weighted by atomic mass is 10.2. The van der Waals surface area contributed by atoms with Gasteiger partial charge in [-0.3, -0.25) is 4.79 Å². The molecule has 0 aromatic heterocycles. The van der Waals surface area contributed by atoms with Crippen LogP contribution in [0.2, 0.25) is 0 Å². The minimum atomic E-state index is -3.95. The summed E-state index contributed by atoms with van der Waals surface area (Å²) in [5.41, 5.74) is 0. The second kappa shape index (κ2) is 8.85. The summed E-state index contributed by atoms with van der Waals surface area (Å²) in [4.78, 5) is 12.0. The van der Waals surface area contributed by atoms with Gasteiger partial charge in [0.25, 0.3) is 10.0 Å². The van der Waals surface area contributed by atoms with Gasteiger partial charge in [0.15, 0.2) is 0 Å². The molecule has 1 aliphatic carbocycles. The highest BCUT2D eigenvalue weighted by Crippen LogP contribution is 2.39. The number of carbonyl (C=O) groups excluding carboxylic acids is 1. The average Bonchev–Trinajstić information content (AvgIpc) is 3.38. The van der Waals surface area contributed by atoms with E-state index in [1.165, 1.54) is 6.07 Å². The second-order valence-corrected chi connectivity index (χ2v) is 7.80. The third-order valence-electron chi connectivity index (χ3n) is 4.16. The SMILES string of the molecule is C=CCCCCCOc1ccccc1S(=O)(=O)NC(=O)C1C[C@@H]1C=C. The van der Waals surface area contributed by atoms with Crippen molar-refractivity contribution in [1.82, 2.24) is 4.72 Å². The number of nitrogens with one attached hydrogen (secondary N) is 1. The molecule has 0 spiro atoms. The van der Waals surface area contributed by atoms with Crippen LogP contribution in [0.15, 0.2) is 54.5 Å². The molecule has 1 aromatic carbocycles. The van der Waals surface area contributed by atoms with Gasteiger partial charge in [0.05, 0.1) is 6.61 Å². The standard InChI is InChI=1S/C19H25NO4S/c1-3-5-6-7-10-13-24-17-11-8-9-12-18(17)25(22,23)20-19(21)16-14-15(16)4-2/h3-4,8-9,11-12,15-16H,1-2,5-7,10,13-14H2,(H,20,21)/t15-,16?/m0/s1. The Morgan fingerprint density at radius 1 is 1.24 bits per heavy atom. The van der Waals surface area contributed by atoms with Crippen LogP contribution < -0.4 is 9.46 Å². The maximum Gasteiger partial charge on any atom is 0.267 e. The van der Waals surface area contributed by atoms with Crippen molar-refractivity contribution in [1.29, 1.82) is 0 Å². The highest BCUT2D eigenvalue weighted by Gasteiger charge is 2.42. The van der Waals surface area contributed by atoms with Crippen molar-refractivity contribution in [2.24, 2.45) is 11.8 Å². The summed E-state index contributed by atoms with van der Waals surface area (Å²) in [6.45, 7) is 7.74. The van der Waals surface area contributed by atoms with E-state index in [1.54, 1.807) is 24.3 Å². The monoisotopic (exact) mass is 363 g/mol. The zero-order valence-electron chi connectivity index (χ0n) is 14.3. The van der Waals surface area contributed by atoms with Crippen molar-refractivity contribution in [3.63, 3.8) is 0 Å². The molecule has 1 aromatic rings. The fourth-order valence-corrected chi connectivity index (χ4v) is 3.76. The predicted octanol–water partition coefficient (Wildman–Crippen LogP) is 3.44. The number of unbranched alkanes of at least 4 members (excludes halogenated alkanes) is 3. The fraction of sp³-hybridized carbons (Fsp3) is 0.421. The molecule has 5 nitrogen and oxygen atoms in total. The summed E-state index contributed by atoms with van der Waals surface area (Å²) >= 11 is 0. The number of ether oxygens (including phenoxy) is 1. The number of sulfonamides is 1. The Bertz CT molecular complexity index is 727. The maximum absolute atomic E-state index is 12.5. The second-order valence-electron chi connectivity index (χ2n) is 6.14. The number of amides is 1. The van der Waals surface area contributed by atoms with E-state index in [0.717, 1.165) is 25.7 Å². The van der Waals surface area contributed by atoms with Gasteiger partial charge in [-0.25, -0.2) is 13.1 Å². The van der Waals surface area contributed by atoms with Crippen molar-refractivity contribution in [2.45, 2.75) is 37.0 Å². The molecule has 1 fully saturated rings. The van der Waals surface area contributed by atoms with Crippen LogP contribution in [-0.2, 0) is 14.8 Å². The van der Waals surface area contributed by atoms with E-state index in [1.807, 2.05) is 6.08 Å². The molecule has 0 radical (unpaired) electrons. The number of allylic oxidation sites excluding steroid dienone is 2. The van der Waals surface area contributed by atoms with Crippen molar-refractivity contribution in [2.75, 3.05) is 6.61 Å². The van der Waals surface area contributed by atoms with Crippen molar-refractivity contribution < 1.29 is 17.9 Å². The molecular weight excluding hydrogens is 338 g/mol. The van der Waals surface area contributed by atoms with Crippen LogP contribution in [0, 0.1) is 11.8 Å². The highest BCUT2D eigenvalue weighted by atomic mass is 32.2. The minimum absolute atomic E-state index is 0.00903. The lowest BCUT2D eigenvalue weighted by Gasteiger charge is -2.12. The van der Waals surface area contributed by atoms with Crippen LogP contribution in [-0.4, -0.2) is 20.9 Å². The zero-order chi connectivity index (χ0) is 18.3. The van der Waals surface area contributed by atoms with E-state index in [-0.39, 0.29) is 22.5 Å². The number of carbonyl (C=O) groups is 1. The first kappa shape index (κ1) is 19.2. The van der Waals surface area contributed by atoms with Crippen LogP contribution in [0.5, 0.6) is 5.75 Å². The predicted molar refractivity (Wildman–Crippen MR) is 97.7 cm³/mol. The average molecular weight is 363 g/mol. The molecule has 2 rings (SSSR count). The van der Waals surface area contributed by atoms with Gasteiger partial charge in [-0.1, -0.05) is 24.3 Å². The van der Waals surface area contributed by atoms with Gasteiger partial charge in [0, 0.05) is 5.92 Å². The Morgan fingerprint density at radius 3 is 2.68 bits per heavy atom. The molecule has 136 valence electrons. The number of benzene rings is 1. The van der Waals surface area contributed by atoms with Gasteiger partial charge in [0.2, 0.25) is 5.91 Å². The Balaban J connectivity index is 1.96. The quantitative estimate of drug-likeness (QED) is 0.483. The lowest BCUT2D eigenvalue weighted by molar-refractivity contribution is -0.120. The number of hydrogen-bond donors (Lipinski definition) is 1. The number of para-hydroxylation sites is 1. The van der Waals surface area contributed by atoms with E-state index in [9.17, 15) is 13.2 Å². The van der Waals surface area contributed by atoms with E-state index in [4.69, 9.17) is 4.74 Å². The molecule has 0 saturated heterocycles. The largest absolute Gasteiger partial charge is 0.492 e. The van der Waals surface area contributed by atoms with Gasteiger partial charge >= 0.3 is 0 Å². The Hall–Kier alpha value is -2.08. The Labute approximate surface area is 149 Å². The van der Waals surface area contributed by atoms with Gasteiger partial charge < -0.3 is 4.74 Å². The first-order chi connectivity index (χ1) is 12.0. The highest BCUT2D eigenvalue weighted by molar-refractivity contribution is 7.90. The van der Waals surface area contributed by atoms with Crippen molar-refractivity contribution in [3.05, 3.63) is 49.6 Å². The molecule has 0 heterocycles. The summed E-state index contributed by atoms with van der Waals surface area (Å²) in [6.07, 6.45) is 8.02. The topological polar surface area (TPSA) is 72.5 Å². The summed E-state index contributed by atoms with van der Waals surface area (Å²) in [7, 11) is -3.95. The summed E-state index contributed by atoms with van der Waals surface area (Å²) in [5, 5.41) is 0. The summed E-state index contributed by atoms with van der Waals surface area (Å²) in [5.74, 6) is -0.450. The van der Waals surface area contributed by atoms with Crippen LogP contribution in [0.4, 0.5) is 0 Å². The molecular formula is C19H25NO4S. The molecule has 0 aliphatic heterocycles. The van der Waals surface area contributed by atoms with Gasteiger partial charge in [-0.05, 0) is 50.2 Å². The van der Waals surface area contributed by atoms with Gasteiger partial charge in [-0.2, -0.15) is 0 Å². The van der Waals surface area contributed by atoms with Crippen LogP contribution >= 0.6 is 0 Å². The lowest BCUT2D eigenvalue weighted by Crippen LogP contribution is -2.32.